The molecule has 1 aromatic carbocycles. The molecule has 0 unspecified atom stereocenters. The molecule has 0 N–H and O–H groups in total. The Labute approximate surface area is 80.6 Å². The van der Waals surface area contributed by atoms with E-state index in [9.17, 15) is 4.39 Å². The van der Waals surface area contributed by atoms with Crippen LogP contribution in [0.4, 0.5) is 4.39 Å². The number of fused-ring (bicyclic) bond motifs is 1. The summed E-state index contributed by atoms with van der Waals surface area (Å²) < 4.78 is 12.9. The van der Waals surface area contributed by atoms with Crippen LogP contribution in [0, 0.1) is 24.1 Å². The predicted octanol–water partition coefficient (Wildman–Crippen LogP) is 2.55. The van der Waals surface area contributed by atoms with Crippen molar-refractivity contribution in [2.24, 2.45) is 0 Å². The zero-order chi connectivity index (χ0) is 10.1. The number of aromatic nitrogens is 1. The third-order valence-corrected chi connectivity index (χ3v) is 2.22. The standard InChI is InChI=1S/C11H7FN2/c1-7-8(5-13)6-14-11-3-2-9(12)4-10(7)11/h2-4,6H,1H3. The van der Waals surface area contributed by atoms with Crippen LogP contribution in [0.25, 0.3) is 10.9 Å². The third kappa shape index (κ3) is 1.21. The lowest BCUT2D eigenvalue weighted by Crippen LogP contribution is -1.89. The average molecular weight is 186 g/mol. The minimum absolute atomic E-state index is 0.308. The molecule has 0 aliphatic carbocycles. The molecule has 68 valence electrons. The summed E-state index contributed by atoms with van der Waals surface area (Å²) >= 11 is 0. The molecule has 0 aliphatic heterocycles. The van der Waals surface area contributed by atoms with Crippen LogP contribution in [-0.4, -0.2) is 4.98 Å². The molecule has 0 saturated heterocycles. The SMILES string of the molecule is Cc1c(C#N)cnc2ccc(F)cc12. The van der Waals surface area contributed by atoms with Crippen LogP contribution >= 0.6 is 0 Å². The van der Waals surface area contributed by atoms with Crippen molar-refractivity contribution in [2.45, 2.75) is 6.92 Å². The molecule has 14 heavy (non-hydrogen) atoms. The second-order valence-corrected chi connectivity index (χ2v) is 3.07. The fraction of sp³-hybridized carbons (Fsp3) is 0.0909. The molecule has 0 saturated carbocycles. The Kier molecular flexibility index (Phi) is 1.90. The van der Waals surface area contributed by atoms with Gasteiger partial charge in [-0.05, 0) is 30.7 Å². The molecule has 2 aromatic rings. The molecular formula is C11H7FN2. The maximum absolute atomic E-state index is 12.9. The largest absolute Gasteiger partial charge is 0.255 e. The molecule has 0 aliphatic rings. The summed E-state index contributed by atoms with van der Waals surface area (Å²) in [6.07, 6.45) is 1.51. The van der Waals surface area contributed by atoms with Gasteiger partial charge in [0.1, 0.15) is 11.9 Å². The molecule has 0 fully saturated rings. The van der Waals surface area contributed by atoms with E-state index in [-0.39, 0.29) is 5.82 Å². The van der Waals surface area contributed by atoms with Gasteiger partial charge in [-0.1, -0.05) is 0 Å². The highest BCUT2D eigenvalue weighted by Crippen LogP contribution is 2.19. The number of hydrogen-bond donors (Lipinski definition) is 0. The quantitative estimate of drug-likeness (QED) is 0.634. The molecule has 0 amide bonds. The summed E-state index contributed by atoms with van der Waals surface area (Å²) in [6.45, 7) is 1.79. The number of pyridine rings is 1. The Morgan fingerprint density at radius 3 is 2.93 bits per heavy atom. The highest BCUT2D eigenvalue weighted by molar-refractivity contribution is 5.83. The molecule has 0 spiro atoms. The number of halogens is 1. The van der Waals surface area contributed by atoms with Gasteiger partial charge in [0, 0.05) is 11.6 Å². The first-order chi connectivity index (χ1) is 6.72. The number of aryl methyl sites for hydroxylation is 1. The molecule has 0 bridgehead atoms. The molecule has 2 nitrogen and oxygen atoms in total. The van der Waals surface area contributed by atoms with Crippen molar-refractivity contribution >= 4 is 10.9 Å². The van der Waals surface area contributed by atoms with Gasteiger partial charge in [-0.15, -0.1) is 0 Å². The normalized spacial score (nSPS) is 10.1. The van der Waals surface area contributed by atoms with Crippen LogP contribution < -0.4 is 0 Å². The maximum atomic E-state index is 12.9. The van der Waals surface area contributed by atoms with Gasteiger partial charge in [-0.3, -0.25) is 4.98 Å². The van der Waals surface area contributed by atoms with Gasteiger partial charge in [-0.25, -0.2) is 4.39 Å². The van der Waals surface area contributed by atoms with Crippen LogP contribution in [-0.2, 0) is 0 Å². The Balaban J connectivity index is 2.88. The molecule has 2 rings (SSSR count). The Morgan fingerprint density at radius 2 is 2.21 bits per heavy atom. The van der Waals surface area contributed by atoms with Gasteiger partial charge in [-0.2, -0.15) is 5.26 Å². The zero-order valence-electron chi connectivity index (χ0n) is 7.58. The lowest BCUT2D eigenvalue weighted by Gasteiger charge is -2.02. The van der Waals surface area contributed by atoms with Gasteiger partial charge in [0.25, 0.3) is 0 Å². The first-order valence-electron chi connectivity index (χ1n) is 4.17. The van der Waals surface area contributed by atoms with Crippen molar-refractivity contribution in [1.82, 2.24) is 4.98 Å². The summed E-state index contributed by atoms with van der Waals surface area (Å²) in [4.78, 5) is 4.06. The van der Waals surface area contributed by atoms with Crippen molar-refractivity contribution in [1.29, 1.82) is 5.26 Å². The second kappa shape index (κ2) is 3.08. The van der Waals surface area contributed by atoms with Gasteiger partial charge >= 0.3 is 0 Å². The minimum atomic E-state index is -0.308. The van der Waals surface area contributed by atoms with Crippen molar-refractivity contribution in [3.05, 3.63) is 41.3 Å². The first kappa shape index (κ1) is 8.64. The average Bonchev–Trinajstić information content (AvgIpc) is 2.20. The van der Waals surface area contributed by atoms with E-state index >= 15 is 0 Å². The predicted molar refractivity (Wildman–Crippen MR) is 51.2 cm³/mol. The monoisotopic (exact) mass is 186 g/mol. The minimum Gasteiger partial charge on any atom is -0.255 e. The van der Waals surface area contributed by atoms with E-state index in [0.29, 0.717) is 16.5 Å². The third-order valence-electron chi connectivity index (χ3n) is 2.22. The van der Waals surface area contributed by atoms with Crippen molar-refractivity contribution in [3.63, 3.8) is 0 Å². The van der Waals surface area contributed by atoms with Gasteiger partial charge in [0.05, 0.1) is 11.1 Å². The number of rotatable bonds is 0. The Morgan fingerprint density at radius 1 is 1.43 bits per heavy atom. The van der Waals surface area contributed by atoms with Crippen LogP contribution in [0.15, 0.2) is 24.4 Å². The van der Waals surface area contributed by atoms with Gasteiger partial charge < -0.3 is 0 Å². The topological polar surface area (TPSA) is 36.7 Å². The number of nitrogens with zero attached hydrogens (tertiary/aromatic N) is 2. The summed E-state index contributed by atoms with van der Waals surface area (Å²) in [6, 6.07) is 6.40. The Hall–Kier alpha value is -1.95. The highest BCUT2D eigenvalue weighted by Gasteiger charge is 2.04. The van der Waals surface area contributed by atoms with E-state index in [1.54, 1.807) is 13.0 Å². The lowest BCUT2D eigenvalue weighted by atomic mass is 10.1. The molecule has 3 heteroatoms. The van der Waals surface area contributed by atoms with E-state index in [1.165, 1.54) is 18.3 Å². The van der Waals surface area contributed by atoms with E-state index in [1.807, 2.05) is 6.07 Å². The molecule has 0 atom stereocenters. The molecule has 0 radical (unpaired) electrons. The molecule has 1 aromatic heterocycles. The summed E-state index contributed by atoms with van der Waals surface area (Å²) in [5, 5.41) is 9.46. The highest BCUT2D eigenvalue weighted by atomic mass is 19.1. The maximum Gasteiger partial charge on any atom is 0.123 e. The Bertz CT molecular complexity index is 541. The first-order valence-corrected chi connectivity index (χ1v) is 4.17. The fourth-order valence-corrected chi connectivity index (χ4v) is 1.41. The van der Waals surface area contributed by atoms with E-state index in [0.717, 1.165) is 5.56 Å². The summed E-state index contributed by atoms with van der Waals surface area (Å²) in [5.41, 5.74) is 1.98. The van der Waals surface area contributed by atoms with Crippen LogP contribution in [0.1, 0.15) is 11.1 Å². The summed E-state index contributed by atoms with van der Waals surface area (Å²) in [7, 11) is 0. The summed E-state index contributed by atoms with van der Waals surface area (Å²) in [5.74, 6) is -0.308. The van der Waals surface area contributed by atoms with Gasteiger partial charge in [0.15, 0.2) is 0 Å². The van der Waals surface area contributed by atoms with Crippen molar-refractivity contribution in [2.75, 3.05) is 0 Å². The fourth-order valence-electron chi connectivity index (χ4n) is 1.41. The van der Waals surface area contributed by atoms with Gasteiger partial charge in [0.2, 0.25) is 0 Å². The van der Waals surface area contributed by atoms with E-state index < -0.39 is 0 Å². The number of nitriles is 1. The van der Waals surface area contributed by atoms with Crippen molar-refractivity contribution in [3.8, 4) is 6.07 Å². The molecular weight excluding hydrogens is 179 g/mol. The molecule has 1 heterocycles. The van der Waals surface area contributed by atoms with Crippen molar-refractivity contribution < 1.29 is 4.39 Å². The van der Waals surface area contributed by atoms with Crippen LogP contribution in [0.3, 0.4) is 0 Å². The van der Waals surface area contributed by atoms with Crippen LogP contribution in [0.2, 0.25) is 0 Å². The number of benzene rings is 1. The lowest BCUT2D eigenvalue weighted by molar-refractivity contribution is 0.629. The smallest absolute Gasteiger partial charge is 0.123 e. The second-order valence-electron chi connectivity index (χ2n) is 3.07. The van der Waals surface area contributed by atoms with Crippen LogP contribution in [0.5, 0.6) is 0 Å². The number of hydrogen-bond acceptors (Lipinski definition) is 2. The zero-order valence-corrected chi connectivity index (χ0v) is 7.58. The van der Waals surface area contributed by atoms with E-state index in [2.05, 4.69) is 4.98 Å². The van der Waals surface area contributed by atoms with E-state index in [4.69, 9.17) is 5.26 Å².